The summed E-state index contributed by atoms with van der Waals surface area (Å²) in [6.07, 6.45) is 1.77. The molecule has 2 aliphatic heterocycles. The molecule has 3 amide bonds. The number of urea groups is 1. The van der Waals surface area contributed by atoms with Gasteiger partial charge < -0.3 is 10.6 Å². The number of carbonyl (C=O) groups excluding carboxylic acids is 2. The molecule has 2 N–H and O–H groups in total. The molecule has 0 unspecified atom stereocenters. The fraction of sp³-hybridized carbons (Fsp3) is 0.368. The molecular formula is C19H21ClN4O4S. The Labute approximate surface area is 177 Å². The molecule has 0 radical (unpaired) electrons. The number of hydrogen-bond donors (Lipinski definition) is 2. The molecular weight excluding hydrogens is 416 g/mol. The number of aryl methyl sites for hydroxylation is 1. The van der Waals surface area contributed by atoms with Gasteiger partial charge in [0, 0.05) is 33.1 Å². The maximum Gasteiger partial charge on any atom is 0.319 e. The second-order valence-corrected chi connectivity index (χ2v) is 8.24. The van der Waals surface area contributed by atoms with Crippen molar-refractivity contribution in [1.29, 1.82) is 0 Å². The van der Waals surface area contributed by atoms with Crippen LogP contribution in [0.3, 0.4) is 0 Å². The third-order valence-corrected chi connectivity index (χ3v) is 6.26. The van der Waals surface area contributed by atoms with E-state index < -0.39 is 0 Å². The Morgan fingerprint density at radius 2 is 2.21 bits per heavy atom. The maximum atomic E-state index is 12.7. The van der Waals surface area contributed by atoms with Gasteiger partial charge in [-0.25, -0.2) is 14.7 Å². The first-order valence-electron chi connectivity index (χ1n) is 9.32. The Balaban J connectivity index is 1.37. The summed E-state index contributed by atoms with van der Waals surface area (Å²) in [6.45, 7) is 3.72. The fourth-order valence-electron chi connectivity index (χ4n) is 3.18. The van der Waals surface area contributed by atoms with Crippen molar-refractivity contribution in [1.82, 2.24) is 15.5 Å². The molecule has 0 spiro atoms. The van der Waals surface area contributed by atoms with Gasteiger partial charge in [-0.1, -0.05) is 22.8 Å². The number of hydrogen-bond acceptors (Lipinski definition) is 6. The topological polar surface area (TPSA) is 83.1 Å². The molecule has 2 aliphatic rings. The Bertz CT molecular complexity index is 927. The van der Waals surface area contributed by atoms with E-state index in [0.717, 1.165) is 28.8 Å². The molecule has 2 aromatic rings. The van der Waals surface area contributed by atoms with Crippen LogP contribution in [0.5, 0.6) is 0 Å². The summed E-state index contributed by atoms with van der Waals surface area (Å²) in [4.78, 5) is 36.2. The number of benzene rings is 1. The van der Waals surface area contributed by atoms with Crippen LogP contribution in [0.1, 0.15) is 39.2 Å². The van der Waals surface area contributed by atoms with Crippen LogP contribution in [-0.4, -0.2) is 35.3 Å². The number of nitrogens with zero attached hydrogens (tertiary/aromatic N) is 2. The van der Waals surface area contributed by atoms with E-state index in [1.54, 1.807) is 17.1 Å². The number of carbonyl (C=O) groups is 2. The highest BCUT2D eigenvalue weighted by Crippen LogP contribution is 2.32. The lowest BCUT2D eigenvalue weighted by atomic mass is 10.2. The number of rotatable bonds is 4. The summed E-state index contributed by atoms with van der Waals surface area (Å²) in [6, 6.07) is 5.01. The van der Waals surface area contributed by atoms with Gasteiger partial charge in [-0.05, 0) is 37.5 Å². The maximum absolute atomic E-state index is 12.7. The van der Waals surface area contributed by atoms with Crippen LogP contribution in [0.15, 0.2) is 23.6 Å². The summed E-state index contributed by atoms with van der Waals surface area (Å²) in [5.41, 5.74) is 3.12. The van der Waals surface area contributed by atoms with Crippen molar-refractivity contribution in [2.24, 2.45) is 0 Å². The van der Waals surface area contributed by atoms with Gasteiger partial charge in [-0.15, -0.1) is 16.3 Å². The SMILES string of the molecule is Cc1ccc(NC(=O)NCc2scc3c2CN(N2CCCCOO2)C3=O)cc1Cl. The van der Waals surface area contributed by atoms with Crippen LogP contribution in [-0.2, 0) is 23.0 Å². The van der Waals surface area contributed by atoms with Crippen LogP contribution < -0.4 is 10.6 Å². The molecule has 10 heteroatoms. The van der Waals surface area contributed by atoms with E-state index >= 15 is 0 Å². The number of anilines is 1. The van der Waals surface area contributed by atoms with Crippen LogP contribution in [0.4, 0.5) is 10.5 Å². The number of hydroxylamine groups is 1. The predicted molar refractivity (Wildman–Crippen MR) is 109 cm³/mol. The molecule has 29 heavy (non-hydrogen) atoms. The standard InChI is InChI=1S/C19H21ClN4O4S/c1-12-4-5-13(8-16(12)20)22-19(26)21-9-17-14-10-23(18(25)15(14)11-29-17)24-6-2-3-7-27-28-24/h4-5,8,11H,2-3,6-7,9-10H2,1H3,(H2,21,22,26). The van der Waals surface area contributed by atoms with Gasteiger partial charge in [0.1, 0.15) is 0 Å². The number of nitrogens with one attached hydrogen (secondary N) is 2. The van der Waals surface area contributed by atoms with Crippen LogP contribution in [0.2, 0.25) is 5.02 Å². The zero-order valence-corrected chi connectivity index (χ0v) is 17.4. The average molecular weight is 437 g/mol. The van der Waals surface area contributed by atoms with Crippen molar-refractivity contribution in [2.45, 2.75) is 32.9 Å². The molecule has 1 fully saturated rings. The molecule has 1 aromatic carbocycles. The minimum Gasteiger partial charge on any atom is -0.333 e. The molecule has 0 bridgehead atoms. The van der Waals surface area contributed by atoms with Gasteiger partial charge in [0.15, 0.2) is 0 Å². The normalized spacial score (nSPS) is 17.2. The van der Waals surface area contributed by atoms with E-state index in [1.807, 2.05) is 18.4 Å². The first-order chi connectivity index (χ1) is 14.0. The second-order valence-electron chi connectivity index (χ2n) is 6.86. The number of amides is 3. The number of fused-ring (bicyclic) bond motifs is 1. The van der Waals surface area contributed by atoms with Crippen molar-refractivity contribution in [3.63, 3.8) is 0 Å². The smallest absolute Gasteiger partial charge is 0.319 e. The highest BCUT2D eigenvalue weighted by Gasteiger charge is 2.36. The van der Waals surface area contributed by atoms with Gasteiger partial charge in [-0.3, -0.25) is 4.79 Å². The number of hydrazine groups is 1. The average Bonchev–Trinajstić information content (AvgIpc) is 3.11. The Morgan fingerprint density at radius 1 is 1.34 bits per heavy atom. The van der Waals surface area contributed by atoms with Gasteiger partial charge in [0.25, 0.3) is 5.91 Å². The van der Waals surface area contributed by atoms with Gasteiger partial charge >= 0.3 is 6.03 Å². The van der Waals surface area contributed by atoms with Crippen LogP contribution in [0, 0.1) is 6.92 Å². The van der Waals surface area contributed by atoms with E-state index in [0.29, 0.717) is 42.5 Å². The predicted octanol–water partition coefficient (Wildman–Crippen LogP) is 3.86. The summed E-state index contributed by atoms with van der Waals surface area (Å²) in [7, 11) is 0. The van der Waals surface area contributed by atoms with Crippen molar-refractivity contribution >= 4 is 40.6 Å². The van der Waals surface area contributed by atoms with Crippen molar-refractivity contribution < 1.29 is 19.5 Å². The molecule has 8 nitrogen and oxygen atoms in total. The van der Waals surface area contributed by atoms with Crippen molar-refractivity contribution in [2.75, 3.05) is 18.5 Å². The molecule has 3 heterocycles. The molecule has 0 atom stereocenters. The summed E-state index contributed by atoms with van der Waals surface area (Å²) in [5, 5.41) is 11.0. The Kier molecular flexibility index (Phi) is 6.02. The quantitative estimate of drug-likeness (QED) is 0.711. The van der Waals surface area contributed by atoms with Crippen molar-refractivity contribution in [3.05, 3.63) is 50.2 Å². The van der Waals surface area contributed by atoms with Crippen LogP contribution in [0.25, 0.3) is 0 Å². The highest BCUT2D eigenvalue weighted by atomic mass is 35.5. The fourth-order valence-corrected chi connectivity index (χ4v) is 4.33. The van der Waals surface area contributed by atoms with E-state index in [-0.39, 0.29) is 11.9 Å². The van der Waals surface area contributed by atoms with E-state index in [9.17, 15) is 9.59 Å². The van der Waals surface area contributed by atoms with Gasteiger partial charge in [0.05, 0.1) is 25.3 Å². The number of thiophene rings is 1. The minimum absolute atomic E-state index is 0.119. The lowest BCUT2D eigenvalue weighted by molar-refractivity contribution is -0.463. The molecule has 1 aromatic heterocycles. The zero-order valence-electron chi connectivity index (χ0n) is 15.9. The molecule has 0 aliphatic carbocycles. The first-order valence-corrected chi connectivity index (χ1v) is 10.6. The van der Waals surface area contributed by atoms with E-state index in [2.05, 4.69) is 10.6 Å². The third kappa shape index (κ3) is 4.39. The van der Waals surface area contributed by atoms with E-state index in [4.69, 9.17) is 21.5 Å². The third-order valence-electron chi connectivity index (χ3n) is 4.83. The largest absolute Gasteiger partial charge is 0.333 e. The second kappa shape index (κ2) is 8.68. The molecule has 0 saturated carbocycles. The zero-order chi connectivity index (χ0) is 20.4. The van der Waals surface area contributed by atoms with Crippen LogP contribution >= 0.6 is 22.9 Å². The van der Waals surface area contributed by atoms with Gasteiger partial charge in [-0.2, -0.15) is 0 Å². The summed E-state index contributed by atoms with van der Waals surface area (Å²) >= 11 is 7.55. The lowest BCUT2D eigenvalue weighted by Crippen LogP contribution is -2.42. The van der Waals surface area contributed by atoms with Crippen molar-refractivity contribution in [3.8, 4) is 0 Å². The van der Waals surface area contributed by atoms with Gasteiger partial charge in [0.2, 0.25) is 0 Å². The van der Waals surface area contributed by atoms with E-state index in [1.165, 1.54) is 16.5 Å². The molecule has 4 rings (SSSR count). The Hall–Kier alpha value is -2.17. The number of halogens is 1. The summed E-state index contributed by atoms with van der Waals surface area (Å²) < 4.78 is 0. The lowest BCUT2D eigenvalue weighted by Gasteiger charge is -2.27. The summed E-state index contributed by atoms with van der Waals surface area (Å²) in [5.74, 6) is -0.119. The molecule has 154 valence electrons. The first kappa shape index (κ1) is 20.1. The highest BCUT2D eigenvalue weighted by molar-refractivity contribution is 7.10. The molecule has 1 saturated heterocycles. The Morgan fingerprint density at radius 3 is 3.03 bits per heavy atom. The minimum atomic E-state index is -0.336. The monoisotopic (exact) mass is 436 g/mol.